The minimum absolute atomic E-state index is 0.0616. The largest absolute Gasteiger partial charge is 0.352 e. The van der Waals surface area contributed by atoms with Crippen molar-refractivity contribution in [1.29, 1.82) is 0 Å². The molecule has 50 heavy (non-hydrogen) atoms. The van der Waals surface area contributed by atoms with Crippen molar-refractivity contribution in [3.8, 4) is 22.5 Å². The van der Waals surface area contributed by atoms with Gasteiger partial charge in [-0.15, -0.1) is 0 Å². The van der Waals surface area contributed by atoms with E-state index in [1.54, 1.807) is 0 Å². The molecule has 6 aromatic rings. The second-order valence-electron chi connectivity index (χ2n) is 13.4. The van der Waals surface area contributed by atoms with Crippen LogP contribution in [-0.2, 0) is 0 Å². The van der Waals surface area contributed by atoms with Gasteiger partial charge in [0, 0.05) is 35.0 Å². The quantitative estimate of drug-likeness (QED) is 0.121. The number of nitrogens with zero attached hydrogens (tertiary/aromatic N) is 2. The number of aryl methyl sites for hydroxylation is 4. The minimum atomic E-state index is -0.0616. The maximum absolute atomic E-state index is 13.4. The topological polar surface area (TPSA) is 84.0 Å². The number of carbonyl (C=O) groups excluding carboxylic acids is 2. The molecule has 6 rings (SSSR count). The number of amides is 2. The zero-order valence-corrected chi connectivity index (χ0v) is 29.6. The predicted molar refractivity (Wildman–Crippen MR) is 206 cm³/mol. The molecule has 0 atom stereocenters. The standard InChI is InChI=1S/C44H46N4O2/c1-29-19-21-33(31(3)25-29)41-27-37(35-15-9-11-17-39(35)47-41)43(49)45-23-13-7-5-6-8-14-24-46-44(50)38-28-42(34-22-20-30(2)26-32(34)4)48-40-18-12-10-16-36(38)40/h9-12,15-22,25-28H,5-8,13-14,23-24H2,1-4H3,(H,45,49)(H,46,50). The molecule has 0 unspecified atom stereocenters. The van der Waals surface area contributed by atoms with Crippen molar-refractivity contribution >= 4 is 33.6 Å². The first-order chi connectivity index (χ1) is 24.3. The molecule has 6 nitrogen and oxygen atoms in total. The Hall–Kier alpha value is -5.36. The fraction of sp³-hybridized carbons (Fsp3) is 0.273. The molecule has 0 aliphatic carbocycles. The van der Waals surface area contributed by atoms with Gasteiger partial charge in [0.15, 0.2) is 0 Å². The summed E-state index contributed by atoms with van der Waals surface area (Å²) in [4.78, 5) is 36.5. The van der Waals surface area contributed by atoms with Crippen LogP contribution in [0, 0.1) is 27.7 Å². The molecule has 2 heterocycles. The lowest BCUT2D eigenvalue weighted by atomic mass is 9.99. The highest BCUT2D eigenvalue weighted by atomic mass is 16.2. The van der Waals surface area contributed by atoms with Crippen LogP contribution in [0.5, 0.6) is 0 Å². The first kappa shape index (κ1) is 34.5. The monoisotopic (exact) mass is 662 g/mol. The number of fused-ring (bicyclic) bond motifs is 2. The van der Waals surface area contributed by atoms with E-state index in [1.165, 1.54) is 11.1 Å². The van der Waals surface area contributed by atoms with Crippen molar-refractivity contribution in [1.82, 2.24) is 20.6 Å². The summed E-state index contributed by atoms with van der Waals surface area (Å²) in [5.41, 5.74) is 11.4. The van der Waals surface area contributed by atoms with E-state index < -0.39 is 0 Å². The maximum atomic E-state index is 13.4. The number of pyridine rings is 2. The van der Waals surface area contributed by atoms with Crippen LogP contribution in [-0.4, -0.2) is 34.9 Å². The third-order valence-electron chi connectivity index (χ3n) is 9.41. The third-order valence-corrected chi connectivity index (χ3v) is 9.41. The van der Waals surface area contributed by atoms with Gasteiger partial charge in [-0.25, -0.2) is 9.97 Å². The molecule has 0 fully saturated rings. The van der Waals surface area contributed by atoms with Crippen LogP contribution >= 0.6 is 0 Å². The van der Waals surface area contributed by atoms with Crippen molar-refractivity contribution in [3.63, 3.8) is 0 Å². The normalized spacial score (nSPS) is 11.2. The predicted octanol–water partition coefficient (Wildman–Crippen LogP) is 9.85. The van der Waals surface area contributed by atoms with Crippen molar-refractivity contribution in [2.45, 2.75) is 66.2 Å². The molecule has 0 spiro atoms. The molecule has 2 aromatic heterocycles. The van der Waals surface area contributed by atoms with Gasteiger partial charge in [0.2, 0.25) is 0 Å². The lowest BCUT2D eigenvalue weighted by Crippen LogP contribution is -2.25. The molecule has 4 aromatic carbocycles. The van der Waals surface area contributed by atoms with E-state index in [9.17, 15) is 9.59 Å². The average Bonchev–Trinajstić information content (AvgIpc) is 3.11. The summed E-state index contributed by atoms with van der Waals surface area (Å²) in [6, 6.07) is 32.2. The van der Waals surface area contributed by atoms with Crippen LogP contribution in [0.3, 0.4) is 0 Å². The number of hydrogen-bond donors (Lipinski definition) is 2. The van der Waals surface area contributed by atoms with Crippen molar-refractivity contribution in [2.75, 3.05) is 13.1 Å². The number of aromatic nitrogens is 2. The van der Waals surface area contributed by atoms with Gasteiger partial charge in [-0.05, 0) is 75.9 Å². The summed E-state index contributed by atoms with van der Waals surface area (Å²) in [6.45, 7) is 9.60. The lowest BCUT2D eigenvalue weighted by Gasteiger charge is -2.12. The van der Waals surface area contributed by atoms with Crippen molar-refractivity contribution in [3.05, 3.63) is 130 Å². The van der Waals surface area contributed by atoms with Gasteiger partial charge >= 0.3 is 0 Å². The Labute approximate surface area is 295 Å². The number of carbonyl (C=O) groups is 2. The van der Waals surface area contributed by atoms with Crippen LogP contribution in [0.15, 0.2) is 97.1 Å². The van der Waals surface area contributed by atoms with E-state index in [2.05, 4.69) is 74.7 Å². The summed E-state index contributed by atoms with van der Waals surface area (Å²) in [5.74, 6) is -0.123. The molecule has 0 aliphatic rings. The Morgan fingerprint density at radius 2 is 0.900 bits per heavy atom. The summed E-state index contributed by atoms with van der Waals surface area (Å²) in [6.07, 6.45) is 6.12. The van der Waals surface area contributed by atoms with Crippen LogP contribution in [0.2, 0.25) is 0 Å². The number of rotatable bonds is 13. The second kappa shape index (κ2) is 15.9. The van der Waals surface area contributed by atoms with Gasteiger partial charge in [0.05, 0.1) is 33.5 Å². The molecule has 254 valence electrons. The molecule has 0 saturated carbocycles. The first-order valence-electron chi connectivity index (χ1n) is 17.8. The molecular weight excluding hydrogens is 617 g/mol. The third kappa shape index (κ3) is 8.08. The van der Waals surface area contributed by atoms with Gasteiger partial charge in [0.25, 0.3) is 11.8 Å². The molecule has 6 heteroatoms. The summed E-state index contributed by atoms with van der Waals surface area (Å²) in [7, 11) is 0. The van der Waals surface area contributed by atoms with E-state index in [0.29, 0.717) is 24.2 Å². The van der Waals surface area contributed by atoms with Crippen LogP contribution in [0.25, 0.3) is 44.3 Å². The van der Waals surface area contributed by atoms with Gasteiger partial charge in [-0.1, -0.05) is 110 Å². The zero-order chi connectivity index (χ0) is 35.0. The molecule has 0 saturated heterocycles. The number of benzene rings is 4. The number of para-hydroxylation sites is 2. The highest BCUT2D eigenvalue weighted by Crippen LogP contribution is 2.29. The highest BCUT2D eigenvalue weighted by Gasteiger charge is 2.16. The fourth-order valence-corrected chi connectivity index (χ4v) is 6.76. The van der Waals surface area contributed by atoms with Gasteiger partial charge in [0.1, 0.15) is 0 Å². The number of nitrogens with one attached hydrogen (secondary N) is 2. The van der Waals surface area contributed by atoms with Gasteiger partial charge in [-0.3, -0.25) is 9.59 Å². The molecule has 2 N–H and O–H groups in total. The summed E-state index contributed by atoms with van der Waals surface area (Å²) < 4.78 is 0. The van der Waals surface area contributed by atoms with E-state index in [0.717, 1.165) is 94.0 Å². The molecule has 0 radical (unpaired) electrons. The Balaban J connectivity index is 0.954. The van der Waals surface area contributed by atoms with Gasteiger partial charge in [-0.2, -0.15) is 0 Å². The Morgan fingerprint density at radius 1 is 0.500 bits per heavy atom. The Kier molecular flexibility index (Phi) is 11.0. The zero-order valence-electron chi connectivity index (χ0n) is 29.6. The van der Waals surface area contributed by atoms with Crippen LogP contribution in [0.1, 0.15) is 81.5 Å². The summed E-state index contributed by atoms with van der Waals surface area (Å²) >= 11 is 0. The average molecular weight is 663 g/mol. The second-order valence-corrected chi connectivity index (χ2v) is 13.4. The van der Waals surface area contributed by atoms with E-state index in [4.69, 9.17) is 9.97 Å². The van der Waals surface area contributed by atoms with Crippen LogP contribution in [0.4, 0.5) is 0 Å². The molecule has 0 bridgehead atoms. The van der Waals surface area contributed by atoms with Crippen LogP contribution < -0.4 is 10.6 Å². The fourth-order valence-electron chi connectivity index (χ4n) is 6.76. The molecule has 2 amide bonds. The van der Waals surface area contributed by atoms with Crippen molar-refractivity contribution < 1.29 is 9.59 Å². The van der Waals surface area contributed by atoms with Gasteiger partial charge < -0.3 is 10.6 Å². The highest BCUT2D eigenvalue weighted by molar-refractivity contribution is 6.08. The Bertz CT molecular complexity index is 2020. The van der Waals surface area contributed by atoms with E-state index in [-0.39, 0.29) is 11.8 Å². The first-order valence-corrected chi connectivity index (χ1v) is 17.8. The Morgan fingerprint density at radius 3 is 1.32 bits per heavy atom. The summed E-state index contributed by atoms with van der Waals surface area (Å²) in [5, 5.41) is 8.02. The smallest absolute Gasteiger partial charge is 0.252 e. The maximum Gasteiger partial charge on any atom is 0.252 e. The van der Waals surface area contributed by atoms with E-state index in [1.807, 2.05) is 60.7 Å². The lowest BCUT2D eigenvalue weighted by molar-refractivity contribution is 0.0946. The van der Waals surface area contributed by atoms with Crippen molar-refractivity contribution in [2.24, 2.45) is 0 Å². The molecule has 0 aliphatic heterocycles. The SMILES string of the molecule is Cc1ccc(-c2cc(C(=O)NCCCCCCCCNC(=O)c3cc(-c4ccc(C)cc4C)nc4ccccc34)c3ccccc3n2)c(C)c1. The minimum Gasteiger partial charge on any atom is -0.352 e. The van der Waals surface area contributed by atoms with E-state index >= 15 is 0 Å². The molecular formula is C44H46N4O2. The number of unbranched alkanes of at least 4 members (excludes halogenated alkanes) is 5. The number of hydrogen-bond acceptors (Lipinski definition) is 4.